The molecule has 0 rings (SSSR count). The summed E-state index contributed by atoms with van der Waals surface area (Å²) in [7, 11) is 0. The van der Waals surface area contributed by atoms with E-state index >= 15 is 0 Å². The predicted molar refractivity (Wildman–Crippen MR) is 58.3 cm³/mol. The van der Waals surface area contributed by atoms with Crippen LogP contribution in [-0.4, -0.2) is 97.2 Å². The molecule has 0 saturated heterocycles. The first kappa shape index (κ1) is 18.6. The van der Waals surface area contributed by atoms with Gasteiger partial charge in [0.1, 0.15) is 18.3 Å². The average molecular weight is 261 g/mol. The molecule has 0 aromatic rings. The zero-order chi connectivity index (χ0) is 12.0. The third kappa shape index (κ3) is 5.55. The quantitative estimate of drug-likeness (QED) is 0.196. The molecule has 0 aromatic heterocycles. The van der Waals surface area contributed by atoms with E-state index < -0.39 is 36.9 Å². The summed E-state index contributed by atoms with van der Waals surface area (Å²) in [5.74, 6) is -1.19. The van der Waals surface area contributed by atoms with Gasteiger partial charge in [-0.2, -0.15) is 4.99 Å². The van der Waals surface area contributed by atoms with Crippen molar-refractivity contribution in [2.45, 2.75) is 24.4 Å². The number of carbonyl (C=O) groups is 1. The molecule has 0 aromatic carbocycles. The van der Waals surface area contributed by atoms with Gasteiger partial charge < -0.3 is 25.5 Å². The van der Waals surface area contributed by atoms with Gasteiger partial charge in [0.25, 0.3) is 5.91 Å². The SMILES string of the molecule is O=C(N=C=S)[C@H](O)[C@@H](O)[C@H](O)[C@H](O)CO.[NaH]. The number of aliphatic hydroxyl groups excluding tert-OH is 5. The zero-order valence-electron chi connectivity index (χ0n) is 7.52. The molecule has 9 heteroatoms. The van der Waals surface area contributed by atoms with Crippen LogP contribution in [0.1, 0.15) is 0 Å². The van der Waals surface area contributed by atoms with E-state index in [-0.39, 0.29) is 29.6 Å². The number of aliphatic imine (C=N–C) groups is 1. The van der Waals surface area contributed by atoms with Gasteiger partial charge in [0, 0.05) is 0 Å². The molecule has 7 nitrogen and oxygen atoms in total. The number of aliphatic hydroxyl groups is 5. The van der Waals surface area contributed by atoms with Gasteiger partial charge in [0.2, 0.25) is 0 Å². The van der Waals surface area contributed by atoms with Gasteiger partial charge in [-0.15, -0.1) is 0 Å². The van der Waals surface area contributed by atoms with Crippen molar-refractivity contribution in [1.29, 1.82) is 0 Å². The molecule has 0 fully saturated rings. The number of isothiocyanates is 1. The van der Waals surface area contributed by atoms with Crippen molar-refractivity contribution in [3.63, 3.8) is 0 Å². The maximum atomic E-state index is 10.8. The average Bonchev–Trinajstić information content (AvgIpc) is 2.25. The van der Waals surface area contributed by atoms with Crippen molar-refractivity contribution < 1.29 is 30.3 Å². The molecule has 5 N–H and O–H groups in total. The minimum absolute atomic E-state index is 0. The summed E-state index contributed by atoms with van der Waals surface area (Å²) in [6, 6.07) is 0. The van der Waals surface area contributed by atoms with Gasteiger partial charge in [-0.25, -0.2) is 0 Å². The first-order valence-corrected chi connectivity index (χ1v) is 4.31. The molecule has 0 unspecified atom stereocenters. The van der Waals surface area contributed by atoms with Crippen LogP contribution in [0.2, 0.25) is 0 Å². The second-order valence-corrected chi connectivity index (χ2v) is 2.90. The fourth-order valence-electron chi connectivity index (χ4n) is 0.780. The van der Waals surface area contributed by atoms with Crippen molar-refractivity contribution >= 4 is 52.8 Å². The van der Waals surface area contributed by atoms with E-state index in [4.69, 9.17) is 20.4 Å². The van der Waals surface area contributed by atoms with Crippen LogP contribution in [0, 0.1) is 0 Å². The Bertz CT molecular complexity index is 272. The molecular weight excluding hydrogens is 249 g/mol. The number of rotatable bonds is 5. The van der Waals surface area contributed by atoms with E-state index in [1.807, 2.05) is 0 Å². The van der Waals surface area contributed by atoms with E-state index in [0.717, 1.165) is 0 Å². The second-order valence-electron chi connectivity index (χ2n) is 2.72. The number of amides is 1. The summed E-state index contributed by atoms with van der Waals surface area (Å²) >= 11 is 4.09. The van der Waals surface area contributed by atoms with Crippen molar-refractivity contribution in [1.82, 2.24) is 0 Å². The van der Waals surface area contributed by atoms with E-state index in [1.54, 1.807) is 5.16 Å². The van der Waals surface area contributed by atoms with Gasteiger partial charge in [0.15, 0.2) is 6.10 Å². The van der Waals surface area contributed by atoms with Crippen molar-refractivity contribution in [3.8, 4) is 0 Å². The Kier molecular flexibility index (Phi) is 10.8. The maximum absolute atomic E-state index is 10.8. The molecule has 0 saturated carbocycles. The fraction of sp³-hybridized carbons (Fsp3) is 0.714. The second kappa shape index (κ2) is 9.32. The Hall–Kier alpha value is 0.270. The van der Waals surface area contributed by atoms with Crippen LogP contribution in [0.3, 0.4) is 0 Å². The van der Waals surface area contributed by atoms with Gasteiger partial charge in [-0.05, 0) is 12.2 Å². The van der Waals surface area contributed by atoms with E-state index in [0.29, 0.717) is 0 Å². The first-order valence-electron chi connectivity index (χ1n) is 3.90. The monoisotopic (exact) mass is 261 g/mol. The Morgan fingerprint density at radius 3 is 2.12 bits per heavy atom. The van der Waals surface area contributed by atoms with E-state index in [1.165, 1.54) is 0 Å². The van der Waals surface area contributed by atoms with Crippen LogP contribution in [0.15, 0.2) is 4.99 Å². The first-order chi connectivity index (χ1) is 6.95. The van der Waals surface area contributed by atoms with Gasteiger partial charge >= 0.3 is 29.6 Å². The summed E-state index contributed by atoms with van der Waals surface area (Å²) in [6.07, 6.45) is -7.53. The Balaban J connectivity index is 0. The molecule has 0 spiro atoms. The van der Waals surface area contributed by atoms with Crippen LogP contribution in [0.5, 0.6) is 0 Å². The third-order valence-corrected chi connectivity index (χ3v) is 1.75. The molecule has 16 heavy (non-hydrogen) atoms. The van der Waals surface area contributed by atoms with Crippen molar-refractivity contribution in [3.05, 3.63) is 0 Å². The fourth-order valence-corrected chi connectivity index (χ4v) is 0.870. The number of hydrogen-bond donors (Lipinski definition) is 5. The zero-order valence-corrected chi connectivity index (χ0v) is 8.33. The molecule has 0 aliphatic rings. The normalized spacial score (nSPS) is 17.3. The van der Waals surface area contributed by atoms with Crippen LogP contribution in [0.4, 0.5) is 0 Å². The predicted octanol–water partition coefficient (Wildman–Crippen LogP) is -3.60. The standard InChI is InChI=1S/C7H11NO6S.Na.H/c9-1-3(10)4(11)5(12)6(13)7(14)8-2-15;;/h3-6,9-13H,1H2;;/t3-,4-,5+,6-;;/m1../s1. The van der Waals surface area contributed by atoms with E-state index in [2.05, 4.69) is 17.2 Å². The van der Waals surface area contributed by atoms with Gasteiger partial charge in [-0.3, -0.25) is 4.79 Å². The third-order valence-electron chi connectivity index (χ3n) is 1.66. The number of carbonyl (C=O) groups excluding carboxylic acids is 1. The molecule has 88 valence electrons. The van der Waals surface area contributed by atoms with Crippen molar-refractivity contribution in [2.24, 2.45) is 4.99 Å². The van der Waals surface area contributed by atoms with Crippen molar-refractivity contribution in [2.75, 3.05) is 6.61 Å². The summed E-state index contributed by atoms with van der Waals surface area (Å²) in [5, 5.41) is 46.4. The van der Waals surface area contributed by atoms with Crippen LogP contribution < -0.4 is 0 Å². The number of nitrogens with zero attached hydrogens (tertiary/aromatic N) is 1. The molecule has 0 heterocycles. The topological polar surface area (TPSA) is 131 Å². The molecule has 1 amide bonds. The molecule has 0 aliphatic carbocycles. The molecular formula is C7H12NNaO6S. The summed E-state index contributed by atoms with van der Waals surface area (Å²) in [4.78, 5) is 13.7. The van der Waals surface area contributed by atoms with Crippen LogP contribution in [-0.2, 0) is 4.79 Å². The van der Waals surface area contributed by atoms with Gasteiger partial charge in [0.05, 0.1) is 11.8 Å². The number of thiocarbonyl (C=S) groups is 1. The number of hydrogen-bond acceptors (Lipinski definition) is 7. The summed E-state index contributed by atoms with van der Waals surface area (Å²) < 4.78 is 0. The molecule has 4 atom stereocenters. The van der Waals surface area contributed by atoms with Gasteiger partial charge in [-0.1, -0.05) is 0 Å². The van der Waals surface area contributed by atoms with E-state index in [9.17, 15) is 9.90 Å². The molecule has 0 bridgehead atoms. The summed E-state index contributed by atoms with van der Waals surface area (Å²) in [6.45, 7) is -0.824. The Morgan fingerprint density at radius 2 is 1.75 bits per heavy atom. The van der Waals surface area contributed by atoms with Crippen LogP contribution >= 0.6 is 12.2 Å². The minimum atomic E-state index is -2.03. The molecule has 0 radical (unpaired) electrons. The summed E-state index contributed by atoms with van der Waals surface area (Å²) in [5.41, 5.74) is 0. The Morgan fingerprint density at radius 1 is 1.25 bits per heavy atom. The van der Waals surface area contributed by atoms with Crippen LogP contribution in [0.25, 0.3) is 0 Å². The molecule has 0 aliphatic heterocycles. The Labute approximate surface area is 119 Å².